The highest BCUT2D eigenvalue weighted by Crippen LogP contribution is 2.28. The van der Waals surface area contributed by atoms with Crippen LogP contribution in [0.2, 0.25) is 0 Å². The van der Waals surface area contributed by atoms with Gasteiger partial charge in [-0.1, -0.05) is 6.08 Å². The van der Waals surface area contributed by atoms with E-state index >= 15 is 0 Å². The number of hydrogen-bond donors (Lipinski definition) is 1. The predicted octanol–water partition coefficient (Wildman–Crippen LogP) is 1.74. The number of allylic oxidation sites excluding steroid dienone is 3. The fourth-order valence-corrected chi connectivity index (χ4v) is 1.59. The summed E-state index contributed by atoms with van der Waals surface area (Å²) in [5.74, 6) is 0. The van der Waals surface area contributed by atoms with E-state index in [1.54, 1.807) is 0 Å². The molecule has 0 aromatic carbocycles. The minimum absolute atomic E-state index is 1.02. The molecular formula is C9H12N2. The molecule has 0 saturated carbocycles. The predicted molar refractivity (Wildman–Crippen MR) is 46.3 cm³/mol. The zero-order chi connectivity index (χ0) is 7.68. The lowest BCUT2D eigenvalue weighted by molar-refractivity contribution is 0.843. The Bertz CT molecular complexity index is 259. The molecule has 0 amide bonds. The van der Waals surface area contributed by atoms with E-state index in [2.05, 4.69) is 11.1 Å². The first-order valence-electron chi connectivity index (χ1n) is 4.08. The van der Waals surface area contributed by atoms with E-state index in [1.165, 1.54) is 5.57 Å². The summed E-state index contributed by atoms with van der Waals surface area (Å²) in [5.41, 5.74) is 9.32. The van der Waals surface area contributed by atoms with Crippen LogP contribution in [0, 0.1) is 0 Å². The van der Waals surface area contributed by atoms with Gasteiger partial charge in [0.1, 0.15) is 0 Å². The van der Waals surface area contributed by atoms with Gasteiger partial charge < -0.3 is 5.73 Å². The van der Waals surface area contributed by atoms with E-state index in [-0.39, 0.29) is 0 Å². The molecule has 0 bridgehead atoms. The Hall–Kier alpha value is -1.05. The summed E-state index contributed by atoms with van der Waals surface area (Å²) in [5, 5.41) is 0. The highest BCUT2D eigenvalue weighted by molar-refractivity contribution is 5.64. The Morgan fingerprint density at radius 1 is 1.27 bits per heavy atom. The van der Waals surface area contributed by atoms with Crippen LogP contribution >= 0.6 is 0 Å². The van der Waals surface area contributed by atoms with Crippen LogP contribution in [0.1, 0.15) is 25.7 Å². The van der Waals surface area contributed by atoms with Gasteiger partial charge >= 0.3 is 0 Å². The van der Waals surface area contributed by atoms with Crippen LogP contribution in [0.3, 0.4) is 0 Å². The molecule has 11 heavy (non-hydrogen) atoms. The maximum atomic E-state index is 5.85. The fraction of sp³-hybridized carbons (Fsp3) is 0.444. The summed E-state index contributed by atoms with van der Waals surface area (Å²) < 4.78 is 0. The highest BCUT2D eigenvalue weighted by Gasteiger charge is 2.14. The van der Waals surface area contributed by atoms with Crippen molar-refractivity contribution in [1.82, 2.24) is 0 Å². The van der Waals surface area contributed by atoms with Crippen molar-refractivity contribution in [3.8, 4) is 0 Å². The molecule has 2 heteroatoms. The Morgan fingerprint density at radius 2 is 2.18 bits per heavy atom. The maximum absolute atomic E-state index is 5.85. The Balaban J connectivity index is 2.41. The summed E-state index contributed by atoms with van der Waals surface area (Å²) >= 11 is 0. The number of nitrogens with zero attached hydrogens (tertiary/aromatic N) is 1. The molecular weight excluding hydrogens is 136 g/mol. The standard InChI is InChI=1S/C9H12N2/c10-8-4-1-5-9-7(8)3-2-6-11-9/h5-6H,1-4,10H2. The van der Waals surface area contributed by atoms with Gasteiger partial charge in [0.25, 0.3) is 0 Å². The molecule has 2 N–H and O–H groups in total. The van der Waals surface area contributed by atoms with Gasteiger partial charge in [0.05, 0.1) is 5.70 Å². The lowest BCUT2D eigenvalue weighted by Gasteiger charge is -2.18. The third-order valence-electron chi connectivity index (χ3n) is 2.20. The largest absolute Gasteiger partial charge is 0.402 e. The highest BCUT2D eigenvalue weighted by atomic mass is 14.8. The van der Waals surface area contributed by atoms with Gasteiger partial charge in [-0.2, -0.15) is 0 Å². The van der Waals surface area contributed by atoms with Crippen LogP contribution in [0.25, 0.3) is 0 Å². The van der Waals surface area contributed by atoms with Gasteiger partial charge in [0.15, 0.2) is 0 Å². The van der Waals surface area contributed by atoms with Gasteiger partial charge in [-0.25, -0.2) is 0 Å². The first kappa shape index (κ1) is 6.65. The third kappa shape index (κ3) is 1.09. The SMILES string of the molecule is NC1=C2CCC=NC2=CCC1. The van der Waals surface area contributed by atoms with Crippen LogP contribution in [-0.4, -0.2) is 6.21 Å². The van der Waals surface area contributed by atoms with Gasteiger partial charge in [0.2, 0.25) is 0 Å². The topological polar surface area (TPSA) is 38.4 Å². The molecule has 0 aromatic rings. The van der Waals surface area contributed by atoms with Gasteiger partial charge in [0, 0.05) is 11.9 Å². The smallest absolute Gasteiger partial charge is 0.0635 e. The molecule has 0 fully saturated rings. The van der Waals surface area contributed by atoms with Gasteiger partial charge in [-0.15, -0.1) is 0 Å². The first-order valence-corrected chi connectivity index (χ1v) is 4.08. The zero-order valence-corrected chi connectivity index (χ0v) is 6.51. The Morgan fingerprint density at radius 3 is 3.00 bits per heavy atom. The summed E-state index contributed by atoms with van der Waals surface area (Å²) in [4.78, 5) is 4.30. The van der Waals surface area contributed by atoms with Crippen LogP contribution in [0.15, 0.2) is 28.0 Å². The van der Waals surface area contributed by atoms with Crippen molar-refractivity contribution in [1.29, 1.82) is 0 Å². The molecule has 0 aromatic heterocycles. The second kappa shape index (κ2) is 2.53. The van der Waals surface area contributed by atoms with E-state index < -0.39 is 0 Å². The molecule has 2 aliphatic rings. The maximum Gasteiger partial charge on any atom is 0.0635 e. The number of nitrogens with two attached hydrogens (primary N) is 1. The molecule has 0 saturated heterocycles. The van der Waals surface area contributed by atoms with E-state index in [9.17, 15) is 0 Å². The Kier molecular flexibility index (Phi) is 1.53. The van der Waals surface area contributed by atoms with Crippen LogP contribution in [0.5, 0.6) is 0 Å². The second-order valence-corrected chi connectivity index (χ2v) is 2.98. The minimum Gasteiger partial charge on any atom is -0.402 e. The lowest BCUT2D eigenvalue weighted by atomic mass is 9.95. The summed E-state index contributed by atoms with van der Waals surface area (Å²) in [7, 11) is 0. The molecule has 58 valence electrons. The molecule has 2 rings (SSSR count). The van der Waals surface area contributed by atoms with Crippen molar-refractivity contribution in [3.63, 3.8) is 0 Å². The third-order valence-corrected chi connectivity index (χ3v) is 2.20. The molecule has 1 aliphatic heterocycles. The number of rotatable bonds is 0. The molecule has 1 heterocycles. The Labute approximate surface area is 66.5 Å². The molecule has 0 unspecified atom stereocenters. The molecule has 0 radical (unpaired) electrons. The monoisotopic (exact) mass is 148 g/mol. The van der Waals surface area contributed by atoms with E-state index in [1.807, 2.05) is 6.21 Å². The average Bonchev–Trinajstić information content (AvgIpc) is 2.06. The minimum atomic E-state index is 1.02. The van der Waals surface area contributed by atoms with Crippen molar-refractivity contribution >= 4 is 6.21 Å². The van der Waals surface area contributed by atoms with E-state index in [0.29, 0.717) is 0 Å². The van der Waals surface area contributed by atoms with Crippen LogP contribution < -0.4 is 5.73 Å². The second-order valence-electron chi connectivity index (χ2n) is 2.98. The first-order chi connectivity index (χ1) is 5.38. The number of aliphatic imine (C=N–C) groups is 1. The van der Waals surface area contributed by atoms with Crippen molar-refractivity contribution in [2.24, 2.45) is 10.7 Å². The van der Waals surface area contributed by atoms with Crippen molar-refractivity contribution in [3.05, 3.63) is 23.0 Å². The molecule has 0 spiro atoms. The van der Waals surface area contributed by atoms with Crippen LogP contribution in [-0.2, 0) is 0 Å². The van der Waals surface area contributed by atoms with Crippen molar-refractivity contribution in [2.45, 2.75) is 25.7 Å². The van der Waals surface area contributed by atoms with E-state index in [4.69, 9.17) is 5.73 Å². The summed E-state index contributed by atoms with van der Waals surface area (Å²) in [6.45, 7) is 0. The fourth-order valence-electron chi connectivity index (χ4n) is 1.59. The molecule has 2 nitrogen and oxygen atoms in total. The normalized spacial score (nSPS) is 23.1. The lowest BCUT2D eigenvalue weighted by Crippen LogP contribution is -2.10. The summed E-state index contributed by atoms with van der Waals surface area (Å²) in [6, 6.07) is 0. The quantitative estimate of drug-likeness (QED) is 0.558. The molecule has 1 aliphatic carbocycles. The van der Waals surface area contributed by atoms with Crippen molar-refractivity contribution < 1.29 is 0 Å². The number of fused-ring (bicyclic) bond motifs is 1. The van der Waals surface area contributed by atoms with Crippen LogP contribution in [0.4, 0.5) is 0 Å². The van der Waals surface area contributed by atoms with Gasteiger partial charge in [-0.05, 0) is 31.3 Å². The van der Waals surface area contributed by atoms with E-state index in [0.717, 1.165) is 37.1 Å². The zero-order valence-electron chi connectivity index (χ0n) is 6.51. The van der Waals surface area contributed by atoms with Gasteiger partial charge in [-0.3, -0.25) is 4.99 Å². The number of hydrogen-bond acceptors (Lipinski definition) is 2. The average molecular weight is 148 g/mol. The molecule has 0 atom stereocenters. The summed E-state index contributed by atoms with van der Waals surface area (Å²) in [6.07, 6.45) is 8.38. The van der Waals surface area contributed by atoms with Crippen molar-refractivity contribution in [2.75, 3.05) is 0 Å².